The molecule has 9 heteroatoms. The summed E-state index contributed by atoms with van der Waals surface area (Å²) in [4.78, 5) is 20.0. The first-order valence-electron chi connectivity index (χ1n) is 7.17. The minimum atomic E-state index is -2.56. The molecule has 0 atom stereocenters. The molecule has 2 aliphatic rings. The number of nitrogens with zero attached hydrogens (tertiary/aromatic N) is 4. The summed E-state index contributed by atoms with van der Waals surface area (Å²) in [7, 11) is 0. The number of nitrogens with one attached hydrogen (secondary N) is 1. The van der Waals surface area contributed by atoms with E-state index in [-0.39, 0.29) is 24.2 Å². The van der Waals surface area contributed by atoms with Crippen molar-refractivity contribution in [1.82, 2.24) is 24.7 Å². The predicted molar refractivity (Wildman–Crippen MR) is 78.9 cm³/mol. The van der Waals surface area contributed by atoms with Crippen molar-refractivity contribution in [1.29, 1.82) is 0 Å². The molecule has 1 aromatic heterocycles. The lowest BCUT2D eigenvalue weighted by Crippen LogP contribution is -2.56. The molecule has 0 aliphatic carbocycles. The van der Waals surface area contributed by atoms with Crippen LogP contribution in [0.15, 0.2) is 12.4 Å². The number of halogens is 3. The van der Waals surface area contributed by atoms with Gasteiger partial charge in [0.25, 0.3) is 0 Å². The third-order valence-electron chi connectivity index (χ3n) is 4.14. The van der Waals surface area contributed by atoms with E-state index in [9.17, 15) is 13.6 Å². The van der Waals surface area contributed by atoms with Crippen molar-refractivity contribution in [3.63, 3.8) is 0 Å². The molecule has 2 fully saturated rings. The van der Waals surface area contributed by atoms with Crippen LogP contribution < -0.4 is 5.32 Å². The van der Waals surface area contributed by atoms with Crippen LogP contribution in [0.25, 0.3) is 0 Å². The van der Waals surface area contributed by atoms with Gasteiger partial charge < -0.3 is 10.2 Å². The van der Waals surface area contributed by atoms with Gasteiger partial charge in [0.15, 0.2) is 0 Å². The normalized spacial score (nSPS) is 19.9. The number of hydrogen-bond donors (Lipinski definition) is 1. The van der Waals surface area contributed by atoms with Gasteiger partial charge in [-0.05, 0) is 0 Å². The molecule has 1 N–H and O–H groups in total. The number of carbonyl (C=O) groups excluding carboxylic acids is 1. The van der Waals surface area contributed by atoms with Gasteiger partial charge in [0.05, 0.1) is 12.5 Å². The zero-order valence-electron chi connectivity index (χ0n) is 12.1. The average molecular weight is 336 g/mol. The van der Waals surface area contributed by atoms with Gasteiger partial charge in [0.2, 0.25) is 5.91 Å². The molecule has 1 aromatic rings. The van der Waals surface area contributed by atoms with E-state index >= 15 is 0 Å². The third kappa shape index (κ3) is 3.56. The minimum Gasteiger partial charge on any atom is -0.340 e. The number of alkyl halides is 2. The van der Waals surface area contributed by atoms with Crippen LogP contribution in [0.5, 0.6) is 0 Å². The summed E-state index contributed by atoms with van der Waals surface area (Å²) in [6.45, 7) is 2.08. The molecular formula is C13H20ClF2N5O. The first-order chi connectivity index (χ1) is 10.1. The summed E-state index contributed by atoms with van der Waals surface area (Å²) in [5.74, 6) is 0.699. The summed E-state index contributed by atoms with van der Waals surface area (Å²) in [5, 5.41) is 3.10. The SMILES string of the molecule is Cl.O=C(C1CNC1)N1CCN(Cc2nccn2C(F)F)CC1. The molecule has 2 saturated heterocycles. The number of hydrogen-bond acceptors (Lipinski definition) is 4. The number of aromatic nitrogens is 2. The Morgan fingerprint density at radius 1 is 1.32 bits per heavy atom. The van der Waals surface area contributed by atoms with Crippen molar-refractivity contribution < 1.29 is 13.6 Å². The van der Waals surface area contributed by atoms with E-state index in [4.69, 9.17) is 0 Å². The van der Waals surface area contributed by atoms with Crippen molar-refractivity contribution >= 4 is 18.3 Å². The molecule has 0 aromatic carbocycles. The molecule has 3 heterocycles. The Morgan fingerprint density at radius 2 is 2.00 bits per heavy atom. The van der Waals surface area contributed by atoms with Crippen molar-refractivity contribution in [2.75, 3.05) is 39.3 Å². The van der Waals surface area contributed by atoms with Crippen LogP contribution in [0.2, 0.25) is 0 Å². The zero-order valence-corrected chi connectivity index (χ0v) is 12.9. The molecule has 1 amide bonds. The van der Waals surface area contributed by atoms with Crippen molar-refractivity contribution in [3.05, 3.63) is 18.2 Å². The topological polar surface area (TPSA) is 53.4 Å². The maximum Gasteiger partial charge on any atom is 0.319 e. The Kier molecular flexibility index (Phi) is 5.71. The first-order valence-corrected chi connectivity index (χ1v) is 7.17. The number of imidazole rings is 1. The summed E-state index contributed by atoms with van der Waals surface area (Å²) in [6, 6.07) is 0. The highest BCUT2D eigenvalue weighted by Crippen LogP contribution is 2.16. The molecule has 124 valence electrons. The number of amides is 1. The number of piperazine rings is 1. The average Bonchev–Trinajstić information content (AvgIpc) is 2.86. The van der Waals surface area contributed by atoms with E-state index in [1.165, 1.54) is 12.4 Å². The minimum absolute atomic E-state index is 0. The zero-order chi connectivity index (χ0) is 14.8. The van der Waals surface area contributed by atoms with Gasteiger partial charge >= 0.3 is 6.55 Å². The summed E-state index contributed by atoms with van der Waals surface area (Å²) < 4.78 is 26.4. The number of carbonyl (C=O) groups is 1. The van der Waals surface area contributed by atoms with Crippen LogP contribution in [0.4, 0.5) is 8.78 Å². The monoisotopic (exact) mass is 335 g/mol. The highest BCUT2D eigenvalue weighted by Gasteiger charge is 2.31. The molecule has 0 unspecified atom stereocenters. The van der Waals surface area contributed by atoms with E-state index in [1.54, 1.807) is 0 Å². The lowest BCUT2D eigenvalue weighted by atomic mass is 10.0. The van der Waals surface area contributed by atoms with Crippen LogP contribution in [0.3, 0.4) is 0 Å². The van der Waals surface area contributed by atoms with Gasteiger partial charge in [-0.1, -0.05) is 0 Å². The first kappa shape index (κ1) is 17.1. The lowest BCUT2D eigenvalue weighted by Gasteiger charge is -2.38. The van der Waals surface area contributed by atoms with E-state index in [0.29, 0.717) is 38.5 Å². The molecule has 0 saturated carbocycles. The summed E-state index contributed by atoms with van der Waals surface area (Å²) in [5.41, 5.74) is 0. The Bertz CT molecular complexity index is 500. The van der Waals surface area contributed by atoms with E-state index < -0.39 is 6.55 Å². The standard InChI is InChI=1S/C13H19F2N5O.ClH/c14-13(15)20-2-1-17-11(20)9-18-3-5-19(6-4-18)12(21)10-7-16-8-10;/h1-2,10,13,16H,3-9H2;1H. The van der Waals surface area contributed by atoms with Gasteiger partial charge in [-0.3, -0.25) is 14.3 Å². The van der Waals surface area contributed by atoms with Crippen LogP contribution in [-0.4, -0.2) is 64.5 Å². The maximum atomic E-state index is 12.8. The molecule has 3 rings (SSSR count). The second-order valence-electron chi connectivity index (χ2n) is 5.49. The van der Waals surface area contributed by atoms with E-state index in [0.717, 1.165) is 17.7 Å². The molecule has 22 heavy (non-hydrogen) atoms. The van der Waals surface area contributed by atoms with Crippen LogP contribution >= 0.6 is 12.4 Å². The molecule has 0 spiro atoms. The van der Waals surface area contributed by atoms with Gasteiger partial charge in [-0.25, -0.2) is 4.98 Å². The quantitative estimate of drug-likeness (QED) is 0.874. The fraction of sp³-hybridized carbons (Fsp3) is 0.692. The van der Waals surface area contributed by atoms with Crippen LogP contribution in [0, 0.1) is 5.92 Å². The Labute approximate surface area is 133 Å². The molecule has 6 nitrogen and oxygen atoms in total. The predicted octanol–water partition coefficient (Wildman–Crippen LogP) is 0.564. The van der Waals surface area contributed by atoms with E-state index in [1.807, 2.05) is 4.90 Å². The Hall–Kier alpha value is -1.25. The summed E-state index contributed by atoms with van der Waals surface area (Å²) >= 11 is 0. The second-order valence-corrected chi connectivity index (χ2v) is 5.49. The molecule has 2 aliphatic heterocycles. The fourth-order valence-electron chi connectivity index (χ4n) is 2.69. The van der Waals surface area contributed by atoms with Gasteiger partial charge in [0, 0.05) is 51.7 Å². The van der Waals surface area contributed by atoms with E-state index in [2.05, 4.69) is 15.2 Å². The number of rotatable bonds is 4. The highest BCUT2D eigenvalue weighted by molar-refractivity contribution is 5.85. The smallest absolute Gasteiger partial charge is 0.319 e. The van der Waals surface area contributed by atoms with Crippen molar-refractivity contribution in [2.24, 2.45) is 5.92 Å². The van der Waals surface area contributed by atoms with Gasteiger partial charge in [0.1, 0.15) is 5.82 Å². The Balaban J connectivity index is 0.00000176. The van der Waals surface area contributed by atoms with Crippen molar-refractivity contribution in [3.8, 4) is 0 Å². The lowest BCUT2D eigenvalue weighted by molar-refractivity contribution is -0.138. The van der Waals surface area contributed by atoms with Crippen molar-refractivity contribution in [2.45, 2.75) is 13.1 Å². The highest BCUT2D eigenvalue weighted by atomic mass is 35.5. The fourth-order valence-corrected chi connectivity index (χ4v) is 2.69. The van der Waals surface area contributed by atoms with Crippen LogP contribution in [-0.2, 0) is 11.3 Å². The van der Waals surface area contributed by atoms with Crippen LogP contribution in [0.1, 0.15) is 12.4 Å². The summed E-state index contributed by atoms with van der Waals surface area (Å²) in [6.07, 6.45) is 2.69. The third-order valence-corrected chi connectivity index (χ3v) is 4.14. The largest absolute Gasteiger partial charge is 0.340 e. The molecular weight excluding hydrogens is 316 g/mol. The second kappa shape index (κ2) is 7.34. The van der Waals surface area contributed by atoms with Gasteiger partial charge in [-0.15, -0.1) is 12.4 Å². The molecule has 0 radical (unpaired) electrons. The van der Waals surface area contributed by atoms with Gasteiger partial charge in [-0.2, -0.15) is 8.78 Å². The molecule has 0 bridgehead atoms. The Morgan fingerprint density at radius 3 is 2.55 bits per heavy atom. The maximum absolute atomic E-state index is 12.8.